The molecule has 6 nitrogen and oxygen atoms in total. The van der Waals surface area contributed by atoms with Crippen molar-refractivity contribution in [1.82, 2.24) is 19.6 Å². The van der Waals surface area contributed by atoms with Crippen LogP contribution < -0.4 is 0 Å². The van der Waals surface area contributed by atoms with Gasteiger partial charge in [-0.25, -0.2) is 9.48 Å². The van der Waals surface area contributed by atoms with Gasteiger partial charge in [0.25, 0.3) is 0 Å². The molecule has 0 atom stereocenters. The van der Waals surface area contributed by atoms with Gasteiger partial charge in [0.05, 0.1) is 6.61 Å². The fraction of sp³-hybridized carbons (Fsp3) is 0.364. The highest BCUT2D eigenvalue weighted by molar-refractivity contribution is 5.87. The standard InChI is InChI=1S/C11H14N4O2/c1-3-17-11(16)10-7-9(2)15(13-10)8-14-6-4-5-12-14/h4-7H,3,8H2,1-2H3. The van der Waals surface area contributed by atoms with E-state index >= 15 is 0 Å². The topological polar surface area (TPSA) is 61.9 Å². The molecule has 0 aromatic carbocycles. The molecule has 0 spiro atoms. The molecule has 2 aromatic rings. The molecule has 17 heavy (non-hydrogen) atoms. The minimum absolute atomic E-state index is 0.330. The molecule has 2 heterocycles. The van der Waals surface area contributed by atoms with Crippen LogP contribution in [0.15, 0.2) is 24.5 Å². The van der Waals surface area contributed by atoms with Gasteiger partial charge in [0, 0.05) is 18.1 Å². The maximum atomic E-state index is 11.5. The van der Waals surface area contributed by atoms with Crippen LogP contribution in [0, 0.1) is 6.92 Å². The Labute approximate surface area is 98.8 Å². The summed E-state index contributed by atoms with van der Waals surface area (Å²) in [6.45, 7) is 4.49. The van der Waals surface area contributed by atoms with E-state index in [-0.39, 0.29) is 0 Å². The van der Waals surface area contributed by atoms with Crippen LogP contribution in [0.5, 0.6) is 0 Å². The van der Waals surface area contributed by atoms with E-state index in [0.717, 1.165) is 5.69 Å². The highest BCUT2D eigenvalue weighted by atomic mass is 16.5. The molecule has 0 unspecified atom stereocenters. The quantitative estimate of drug-likeness (QED) is 0.742. The molecule has 0 saturated heterocycles. The summed E-state index contributed by atoms with van der Waals surface area (Å²) in [5.74, 6) is -0.394. The third kappa shape index (κ3) is 2.52. The number of carbonyl (C=O) groups is 1. The number of aryl methyl sites for hydroxylation is 1. The van der Waals surface area contributed by atoms with Gasteiger partial charge < -0.3 is 4.74 Å². The second-order valence-electron chi connectivity index (χ2n) is 3.58. The van der Waals surface area contributed by atoms with Gasteiger partial charge in [-0.05, 0) is 26.0 Å². The Kier molecular flexibility index (Phi) is 3.22. The van der Waals surface area contributed by atoms with Crippen LogP contribution in [0.4, 0.5) is 0 Å². The lowest BCUT2D eigenvalue weighted by Crippen LogP contribution is -2.12. The minimum atomic E-state index is -0.394. The highest BCUT2D eigenvalue weighted by Crippen LogP contribution is 2.05. The summed E-state index contributed by atoms with van der Waals surface area (Å²) in [6, 6.07) is 3.55. The zero-order valence-corrected chi connectivity index (χ0v) is 9.83. The molecule has 90 valence electrons. The van der Waals surface area contributed by atoms with Gasteiger partial charge in [0.2, 0.25) is 0 Å². The second-order valence-corrected chi connectivity index (χ2v) is 3.58. The van der Waals surface area contributed by atoms with E-state index in [1.807, 2.05) is 19.2 Å². The molecule has 0 aliphatic heterocycles. The molecule has 0 saturated carbocycles. The molecule has 0 amide bonds. The zero-order chi connectivity index (χ0) is 12.3. The van der Waals surface area contributed by atoms with Crippen LogP contribution in [0.3, 0.4) is 0 Å². The van der Waals surface area contributed by atoms with E-state index in [4.69, 9.17) is 4.74 Å². The van der Waals surface area contributed by atoms with Crippen molar-refractivity contribution in [2.75, 3.05) is 6.61 Å². The number of rotatable bonds is 4. The maximum absolute atomic E-state index is 11.5. The summed E-state index contributed by atoms with van der Waals surface area (Å²) in [4.78, 5) is 11.5. The summed E-state index contributed by atoms with van der Waals surface area (Å²) in [6.07, 6.45) is 3.54. The van der Waals surface area contributed by atoms with Crippen molar-refractivity contribution in [3.63, 3.8) is 0 Å². The predicted molar refractivity (Wildman–Crippen MR) is 60.5 cm³/mol. The van der Waals surface area contributed by atoms with Crippen molar-refractivity contribution in [3.05, 3.63) is 35.9 Å². The Bertz CT molecular complexity index is 502. The van der Waals surface area contributed by atoms with E-state index in [1.54, 1.807) is 28.6 Å². The number of ether oxygens (including phenoxy) is 1. The fourth-order valence-corrected chi connectivity index (χ4v) is 1.48. The Morgan fingerprint density at radius 2 is 2.35 bits per heavy atom. The van der Waals surface area contributed by atoms with Crippen LogP contribution in [0.2, 0.25) is 0 Å². The number of esters is 1. The third-order valence-corrected chi connectivity index (χ3v) is 2.30. The lowest BCUT2D eigenvalue weighted by atomic mass is 10.4. The summed E-state index contributed by atoms with van der Waals surface area (Å²) in [7, 11) is 0. The van der Waals surface area contributed by atoms with Crippen molar-refractivity contribution in [3.8, 4) is 0 Å². The van der Waals surface area contributed by atoms with Crippen molar-refractivity contribution in [2.45, 2.75) is 20.5 Å². The highest BCUT2D eigenvalue weighted by Gasteiger charge is 2.13. The van der Waals surface area contributed by atoms with Crippen LogP contribution in [0.1, 0.15) is 23.1 Å². The molecular formula is C11H14N4O2. The van der Waals surface area contributed by atoms with E-state index in [9.17, 15) is 4.79 Å². The number of aromatic nitrogens is 4. The molecule has 0 bridgehead atoms. The first kappa shape index (κ1) is 11.4. The lowest BCUT2D eigenvalue weighted by molar-refractivity contribution is 0.0518. The van der Waals surface area contributed by atoms with E-state index in [2.05, 4.69) is 10.2 Å². The monoisotopic (exact) mass is 234 g/mol. The van der Waals surface area contributed by atoms with Crippen LogP contribution in [-0.2, 0) is 11.4 Å². The van der Waals surface area contributed by atoms with Crippen molar-refractivity contribution in [1.29, 1.82) is 0 Å². The summed E-state index contributed by atoms with van der Waals surface area (Å²) in [5, 5.41) is 8.27. The van der Waals surface area contributed by atoms with Crippen molar-refractivity contribution >= 4 is 5.97 Å². The SMILES string of the molecule is CCOC(=O)c1cc(C)n(Cn2cccn2)n1. The lowest BCUT2D eigenvalue weighted by Gasteiger charge is -2.03. The molecule has 2 aromatic heterocycles. The molecule has 0 aliphatic carbocycles. The summed E-state index contributed by atoms with van der Waals surface area (Å²) in [5.41, 5.74) is 1.22. The van der Waals surface area contributed by atoms with Gasteiger partial charge in [-0.1, -0.05) is 0 Å². The van der Waals surface area contributed by atoms with Gasteiger partial charge in [-0.3, -0.25) is 4.68 Å². The maximum Gasteiger partial charge on any atom is 0.358 e. The van der Waals surface area contributed by atoms with Crippen molar-refractivity contribution < 1.29 is 9.53 Å². The molecule has 0 fully saturated rings. The Morgan fingerprint density at radius 3 is 3.00 bits per heavy atom. The molecule has 6 heteroatoms. The number of nitrogens with zero attached hydrogens (tertiary/aromatic N) is 4. The fourth-order valence-electron chi connectivity index (χ4n) is 1.48. The molecule has 0 radical (unpaired) electrons. The Hall–Kier alpha value is -2.11. The van der Waals surface area contributed by atoms with Gasteiger partial charge in [-0.2, -0.15) is 10.2 Å². The predicted octanol–water partition coefficient (Wildman–Crippen LogP) is 1.07. The summed E-state index contributed by atoms with van der Waals surface area (Å²) < 4.78 is 8.33. The third-order valence-electron chi connectivity index (χ3n) is 2.30. The molecule has 0 aliphatic rings. The molecule has 0 N–H and O–H groups in total. The van der Waals surface area contributed by atoms with Crippen LogP contribution >= 0.6 is 0 Å². The van der Waals surface area contributed by atoms with Gasteiger partial charge >= 0.3 is 5.97 Å². The van der Waals surface area contributed by atoms with Crippen LogP contribution in [-0.4, -0.2) is 32.1 Å². The van der Waals surface area contributed by atoms with E-state index in [1.165, 1.54) is 0 Å². The van der Waals surface area contributed by atoms with Crippen molar-refractivity contribution in [2.24, 2.45) is 0 Å². The number of hydrogen-bond donors (Lipinski definition) is 0. The minimum Gasteiger partial charge on any atom is -0.461 e. The first-order valence-corrected chi connectivity index (χ1v) is 5.39. The first-order chi connectivity index (χ1) is 8.20. The second kappa shape index (κ2) is 4.82. The summed E-state index contributed by atoms with van der Waals surface area (Å²) >= 11 is 0. The Balaban J connectivity index is 2.16. The smallest absolute Gasteiger partial charge is 0.358 e. The average Bonchev–Trinajstić information content (AvgIpc) is 2.91. The van der Waals surface area contributed by atoms with Gasteiger partial charge in [-0.15, -0.1) is 0 Å². The first-order valence-electron chi connectivity index (χ1n) is 5.39. The number of hydrogen-bond acceptors (Lipinski definition) is 4. The average molecular weight is 234 g/mol. The van der Waals surface area contributed by atoms with Gasteiger partial charge in [0.1, 0.15) is 6.67 Å². The van der Waals surface area contributed by atoms with Crippen LogP contribution in [0.25, 0.3) is 0 Å². The molecule has 2 rings (SSSR count). The van der Waals surface area contributed by atoms with E-state index in [0.29, 0.717) is 19.0 Å². The molecular weight excluding hydrogens is 220 g/mol. The number of carbonyl (C=O) groups excluding carboxylic acids is 1. The normalized spacial score (nSPS) is 10.5. The van der Waals surface area contributed by atoms with E-state index < -0.39 is 5.97 Å². The van der Waals surface area contributed by atoms with Gasteiger partial charge in [0.15, 0.2) is 5.69 Å². The largest absolute Gasteiger partial charge is 0.461 e. The Morgan fingerprint density at radius 1 is 1.53 bits per heavy atom. The zero-order valence-electron chi connectivity index (χ0n) is 9.83.